The van der Waals surface area contributed by atoms with Crippen molar-refractivity contribution in [2.75, 3.05) is 13.1 Å². The van der Waals surface area contributed by atoms with E-state index in [1.54, 1.807) is 0 Å². The third-order valence-corrected chi connectivity index (χ3v) is 7.31. The van der Waals surface area contributed by atoms with E-state index in [-0.39, 0.29) is 32.8 Å². The van der Waals surface area contributed by atoms with Gasteiger partial charge < -0.3 is 5.32 Å². The summed E-state index contributed by atoms with van der Waals surface area (Å²) in [7, 11) is -3.74. The molecular formula is C13H16BrCl2FN2O2S. The van der Waals surface area contributed by atoms with Crippen molar-refractivity contribution in [3.8, 4) is 0 Å². The maximum absolute atomic E-state index is 13.3. The monoisotopic (exact) mass is 432 g/mol. The number of benzene rings is 1. The summed E-state index contributed by atoms with van der Waals surface area (Å²) >= 11 is 9.08. The maximum Gasteiger partial charge on any atom is 0.245 e. The Morgan fingerprint density at radius 1 is 1.27 bits per heavy atom. The van der Waals surface area contributed by atoms with Gasteiger partial charge >= 0.3 is 0 Å². The minimum absolute atomic E-state index is 0. The lowest BCUT2D eigenvalue weighted by atomic mass is 10.1. The van der Waals surface area contributed by atoms with Crippen molar-refractivity contribution in [1.29, 1.82) is 0 Å². The van der Waals surface area contributed by atoms with Crippen LogP contribution in [0.25, 0.3) is 0 Å². The zero-order valence-corrected chi connectivity index (χ0v) is 15.5. The molecule has 2 fully saturated rings. The first-order valence-electron chi connectivity index (χ1n) is 6.78. The fourth-order valence-corrected chi connectivity index (χ4v) is 6.28. The van der Waals surface area contributed by atoms with E-state index in [9.17, 15) is 12.8 Å². The first kappa shape index (κ1) is 18.4. The Hall–Kier alpha value is 0.0800. The predicted molar refractivity (Wildman–Crippen MR) is 89.7 cm³/mol. The molecular weight excluding hydrogens is 418 g/mol. The number of hydrogen-bond acceptors (Lipinski definition) is 3. The quantitative estimate of drug-likeness (QED) is 0.779. The Kier molecular flexibility index (Phi) is 5.78. The third kappa shape index (κ3) is 3.44. The summed E-state index contributed by atoms with van der Waals surface area (Å²) < 4.78 is 40.6. The summed E-state index contributed by atoms with van der Waals surface area (Å²) in [4.78, 5) is -0.0525. The van der Waals surface area contributed by atoms with Gasteiger partial charge in [-0.05, 0) is 47.3 Å². The molecule has 22 heavy (non-hydrogen) atoms. The molecule has 1 aromatic carbocycles. The summed E-state index contributed by atoms with van der Waals surface area (Å²) in [5.41, 5.74) is 0. The van der Waals surface area contributed by atoms with E-state index in [2.05, 4.69) is 21.2 Å². The van der Waals surface area contributed by atoms with Crippen LogP contribution < -0.4 is 5.32 Å². The molecule has 0 aliphatic carbocycles. The number of hydrogen-bond donors (Lipinski definition) is 1. The van der Waals surface area contributed by atoms with Gasteiger partial charge in [-0.2, -0.15) is 4.31 Å². The average Bonchev–Trinajstić information content (AvgIpc) is 2.66. The molecule has 2 unspecified atom stereocenters. The van der Waals surface area contributed by atoms with Crippen LogP contribution in [-0.2, 0) is 10.0 Å². The Morgan fingerprint density at radius 3 is 2.64 bits per heavy atom. The molecule has 0 spiro atoms. The van der Waals surface area contributed by atoms with E-state index in [1.165, 1.54) is 4.31 Å². The van der Waals surface area contributed by atoms with Gasteiger partial charge in [0.2, 0.25) is 10.0 Å². The van der Waals surface area contributed by atoms with Crippen LogP contribution in [0.2, 0.25) is 5.02 Å². The Balaban J connectivity index is 0.00000176. The second kappa shape index (κ2) is 6.91. The van der Waals surface area contributed by atoms with Gasteiger partial charge in [0, 0.05) is 29.6 Å². The minimum Gasteiger partial charge on any atom is -0.310 e. The summed E-state index contributed by atoms with van der Waals surface area (Å²) in [6.45, 7) is 0.885. The summed E-state index contributed by atoms with van der Waals surface area (Å²) in [5.74, 6) is -0.567. The molecule has 1 aromatic rings. The zero-order chi connectivity index (χ0) is 15.2. The van der Waals surface area contributed by atoms with Crippen LogP contribution in [0.4, 0.5) is 4.39 Å². The topological polar surface area (TPSA) is 49.4 Å². The molecule has 3 rings (SSSR count). The van der Waals surface area contributed by atoms with Crippen LogP contribution in [0.15, 0.2) is 21.5 Å². The summed E-state index contributed by atoms with van der Waals surface area (Å²) in [6.07, 6.45) is 2.86. The molecule has 9 heteroatoms. The first-order valence-corrected chi connectivity index (χ1v) is 9.40. The molecule has 0 saturated carbocycles. The number of nitrogens with one attached hydrogen (secondary N) is 1. The Bertz CT molecular complexity index is 651. The number of halogens is 4. The number of nitrogens with zero attached hydrogens (tertiary/aromatic N) is 1. The van der Waals surface area contributed by atoms with Crippen LogP contribution in [0.1, 0.15) is 19.3 Å². The molecule has 2 heterocycles. The predicted octanol–water partition coefficient (Wildman–Crippen LogP) is 3.18. The largest absolute Gasteiger partial charge is 0.310 e. The number of rotatable bonds is 2. The molecule has 0 radical (unpaired) electrons. The van der Waals surface area contributed by atoms with Crippen LogP contribution in [0.3, 0.4) is 0 Å². The van der Waals surface area contributed by atoms with E-state index in [4.69, 9.17) is 11.6 Å². The maximum atomic E-state index is 13.3. The van der Waals surface area contributed by atoms with Crippen molar-refractivity contribution in [2.24, 2.45) is 0 Å². The Morgan fingerprint density at radius 2 is 1.95 bits per heavy atom. The summed E-state index contributed by atoms with van der Waals surface area (Å²) in [6, 6.07) is 2.73. The smallest absolute Gasteiger partial charge is 0.245 e. The number of fused-ring (bicyclic) bond motifs is 2. The van der Waals surface area contributed by atoms with Crippen molar-refractivity contribution >= 4 is 50.0 Å². The minimum atomic E-state index is -3.74. The van der Waals surface area contributed by atoms with Crippen molar-refractivity contribution in [1.82, 2.24) is 9.62 Å². The van der Waals surface area contributed by atoms with Gasteiger partial charge in [0.25, 0.3) is 0 Å². The van der Waals surface area contributed by atoms with E-state index < -0.39 is 15.8 Å². The average molecular weight is 434 g/mol. The van der Waals surface area contributed by atoms with E-state index in [1.807, 2.05) is 0 Å². The zero-order valence-electron chi connectivity index (χ0n) is 11.6. The number of sulfonamides is 1. The second-order valence-corrected chi connectivity index (χ2v) is 8.62. The van der Waals surface area contributed by atoms with Crippen LogP contribution in [0, 0.1) is 5.82 Å². The normalized spacial score (nSPS) is 25.6. The summed E-state index contributed by atoms with van der Waals surface area (Å²) in [5, 5.41) is 3.34. The van der Waals surface area contributed by atoms with Crippen molar-refractivity contribution in [3.05, 3.63) is 27.4 Å². The highest BCUT2D eigenvalue weighted by Gasteiger charge is 2.36. The Labute approximate surface area is 149 Å². The first-order chi connectivity index (χ1) is 9.88. The van der Waals surface area contributed by atoms with Crippen molar-refractivity contribution in [2.45, 2.75) is 36.2 Å². The van der Waals surface area contributed by atoms with Crippen LogP contribution in [0.5, 0.6) is 0 Å². The standard InChI is InChI=1S/C13H15BrClFN2O2S.ClH/c14-11-5-8(16)6-12(15)13(11)21(19,20)18-4-3-9-1-2-10(7-18)17-9;/h5-6,9-10,17H,1-4,7H2;1H. The van der Waals surface area contributed by atoms with Gasteiger partial charge in [0.1, 0.15) is 10.7 Å². The van der Waals surface area contributed by atoms with Gasteiger partial charge in [-0.15, -0.1) is 12.4 Å². The molecule has 124 valence electrons. The molecule has 2 aliphatic heterocycles. The highest BCUT2D eigenvalue weighted by Crippen LogP contribution is 2.34. The highest BCUT2D eigenvalue weighted by atomic mass is 79.9. The molecule has 2 saturated heterocycles. The van der Waals surface area contributed by atoms with Gasteiger partial charge in [0.15, 0.2) is 0 Å². The molecule has 0 amide bonds. The van der Waals surface area contributed by atoms with Crippen molar-refractivity contribution < 1.29 is 12.8 Å². The molecule has 0 aromatic heterocycles. The molecule has 2 bridgehead atoms. The van der Waals surface area contributed by atoms with Gasteiger partial charge in [-0.25, -0.2) is 12.8 Å². The van der Waals surface area contributed by atoms with Crippen LogP contribution in [-0.4, -0.2) is 37.9 Å². The molecule has 2 atom stereocenters. The SMILES string of the molecule is Cl.O=S(=O)(c1c(Cl)cc(F)cc1Br)N1CCC2CCC(C1)N2. The fraction of sp³-hybridized carbons (Fsp3) is 0.538. The van der Waals surface area contributed by atoms with Crippen LogP contribution >= 0.6 is 39.9 Å². The van der Waals surface area contributed by atoms with Gasteiger partial charge in [-0.3, -0.25) is 0 Å². The fourth-order valence-electron chi connectivity index (χ4n) is 3.03. The second-order valence-electron chi connectivity index (χ2n) is 5.49. The lowest BCUT2D eigenvalue weighted by Crippen LogP contribution is -2.39. The van der Waals surface area contributed by atoms with E-state index in [0.717, 1.165) is 31.4 Å². The molecule has 1 N–H and O–H groups in total. The lowest BCUT2D eigenvalue weighted by Gasteiger charge is -2.24. The third-order valence-electron chi connectivity index (χ3n) is 4.05. The lowest BCUT2D eigenvalue weighted by molar-refractivity contribution is 0.383. The molecule has 4 nitrogen and oxygen atoms in total. The van der Waals surface area contributed by atoms with E-state index >= 15 is 0 Å². The van der Waals surface area contributed by atoms with Gasteiger partial charge in [-0.1, -0.05) is 11.6 Å². The van der Waals surface area contributed by atoms with Gasteiger partial charge in [0.05, 0.1) is 5.02 Å². The molecule has 2 aliphatic rings. The van der Waals surface area contributed by atoms with E-state index in [0.29, 0.717) is 19.1 Å². The highest BCUT2D eigenvalue weighted by molar-refractivity contribution is 9.10. The van der Waals surface area contributed by atoms with Crippen molar-refractivity contribution in [3.63, 3.8) is 0 Å².